The summed E-state index contributed by atoms with van der Waals surface area (Å²) < 4.78 is 16.1. The first kappa shape index (κ1) is 11.8. The van der Waals surface area contributed by atoms with Crippen molar-refractivity contribution < 1.29 is 23.8 Å². The Hall–Kier alpha value is -2.24. The van der Waals surface area contributed by atoms with Crippen molar-refractivity contribution in [3.8, 4) is 17.2 Å². The molecule has 0 fully saturated rings. The Balaban J connectivity index is 2.06. The molecule has 100 valence electrons. The van der Waals surface area contributed by atoms with E-state index in [1.165, 1.54) is 0 Å². The van der Waals surface area contributed by atoms with Crippen LogP contribution in [0, 0.1) is 5.92 Å². The number of aldehydes is 1. The zero-order valence-corrected chi connectivity index (χ0v) is 10.6. The van der Waals surface area contributed by atoms with E-state index in [-0.39, 0.29) is 5.92 Å². The Morgan fingerprint density at radius 3 is 2.74 bits per heavy atom. The van der Waals surface area contributed by atoms with Gasteiger partial charge in [0.25, 0.3) is 0 Å². The summed E-state index contributed by atoms with van der Waals surface area (Å²) in [6.45, 7) is 0.366. The second kappa shape index (κ2) is 4.46. The molecule has 1 aromatic rings. The minimum atomic E-state index is -0.573. The Kier molecular flexibility index (Phi) is 2.77. The van der Waals surface area contributed by atoms with Crippen molar-refractivity contribution in [2.45, 2.75) is 6.10 Å². The van der Waals surface area contributed by atoms with Gasteiger partial charge in [0.2, 0.25) is 0 Å². The van der Waals surface area contributed by atoms with Gasteiger partial charge in [0, 0.05) is 11.6 Å². The maximum absolute atomic E-state index is 10.9. The third-order valence-corrected chi connectivity index (χ3v) is 3.33. The molecule has 0 saturated heterocycles. The lowest BCUT2D eigenvalue weighted by Gasteiger charge is -2.24. The van der Waals surface area contributed by atoms with E-state index in [4.69, 9.17) is 19.0 Å². The molecule has 0 bridgehead atoms. The normalized spacial score (nSPS) is 23.4. The van der Waals surface area contributed by atoms with Gasteiger partial charge in [0.05, 0.1) is 20.1 Å². The largest absolute Gasteiger partial charge is 0.493 e. The fourth-order valence-corrected chi connectivity index (χ4v) is 2.32. The van der Waals surface area contributed by atoms with Gasteiger partial charge in [0.1, 0.15) is 18.1 Å². The Morgan fingerprint density at radius 2 is 2.05 bits per heavy atom. The first-order valence-corrected chi connectivity index (χ1v) is 5.86. The molecule has 0 aromatic heterocycles. The van der Waals surface area contributed by atoms with Crippen LogP contribution in [0.15, 0.2) is 17.3 Å². The van der Waals surface area contributed by atoms with Crippen LogP contribution >= 0.6 is 0 Å². The number of rotatable bonds is 3. The highest BCUT2D eigenvalue weighted by Gasteiger charge is 2.40. The van der Waals surface area contributed by atoms with Gasteiger partial charge in [0.15, 0.2) is 23.9 Å². The van der Waals surface area contributed by atoms with Gasteiger partial charge in [-0.25, -0.2) is 0 Å². The molecule has 2 aliphatic rings. The monoisotopic (exact) mass is 263 g/mol. The van der Waals surface area contributed by atoms with E-state index in [0.717, 1.165) is 17.6 Å². The number of methoxy groups -OCH3 is 2. The topological polar surface area (TPSA) is 66.3 Å². The maximum atomic E-state index is 10.9. The summed E-state index contributed by atoms with van der Waals surface area (Å²) in [6.07, 6.45) is 0.173. The average molecular weight is 263 g/mol. The molecule has 2 aliphatic heterocycles. The van der Waals surface area contributed by atoms with Crippen molar-refractivity contribution in [3.63, 3.8) is 0 Å². The van der Waals surface area contributed by atoms with E-state index in [2.05, 4.69) is 5.16 Å². The first-order valence-electron chi connectivity index (χ1n) is 5.86. The minimum absolute atomic E-state index is 0.164. The zero-order chi connectivity index (χ0) is 13.4. The van der Waals surface area contributed by atoms with Gasteiger partial charge in [-0.1, -0.05) is 5.16 Å². The SMILES string of the molecule is COc1cc2c(cc1OC)C1=NOC(C=O)C1CO2. The van der Waals surface area contributed by atoms with Gasteiger partial charge in [-0.05, 0) is 6.07 Å². The molecule has 6 heteroatoms. The van der Waals surface area contributed by atoms with Crippen molar-refractivity contribution in [2.75, 3.05) is 20.8 Å². The van der Waals surface area contributed by atoms with Gasteiger partial charge in [-0.3, -0.25) is 4.79 Å². The molecule has 0 radical (unpaired) electrons. The summed E-state index contributed by atoms with van der Waals surface area (Å²) in [7, 11) is 3.13. The molecule has 19 heavy (non-hydrogen) atoms. The van der Waals surface area contributed by atoms with Crippen LogP contribution in [0.2, 0.25) is 0 Å². The van der Waals surface area contributed by atoms with Crippen molar-refractivity contribution in [2.24, 2.45) is 11.1 Å². The molecule has 0 aliphatic carbocycles. The molecule has 1 aromatic carbocycles. The summed E-state index contributed by atoms with van der Waals surface area (Å²) in [5.74, 6) is 1.67. The third-order valence-electron chi connectivity index (χ3n) is 3.33. The smallest absolute Gasteiger partial charge is 0.194 e. The highest BCUT2D eigenvalue weighted by atomic mass is 16.6. The molecule has 3 rings (SSSR count). The van der Waals surface area contributed by atoms with Crippen molar-refractivity contribution >= 4 is 12.0 Å². The molecule has 0 spiro atoms. The van der Waals surface area contributed by atoms with Crippen LogP contribution in [-0.4, -0.2) is 38.9 Å². The first-order chi connectivity index (χ1) is 9.28. The highest BCUT2D eigenvalue weighted by Crippen LogP contribution is 2.40. The third kappa shape index (κ3) is 1.71. The lowest BCUT2D eigenvalue weighted by molar-refractivity contribution is -0.118. The van der Waals surface area contributed by atoms with E-state index in [1.54, 1.807) is 26.4 Å². The lowest BCUT2D eigenvalue weighted by atomic mass is 9.91. The second-order valence-corrected chi connectivity index (χ2v) is 4.30. The highest BCUT2D eigenvalue weighted by molar-refractivity contribution is 6.07. The Labute approximate surface area is 109 Å². The predicted octanol–water partition coefficient (Wildman–Crippen LogP) is 1.01. The average Bonchev–Trinajstić information content (AvgIpc) is 2.88. The number of hydrogen-bond acceptors (Lipinski definition) is 6. The number of nitrogens with zero attached hydrogens (tertiary/aromatic N) is 1. The number of ether oxygens (including phenoxy) is 3. The number of carbonyl (C=O) groups excluding carboxylic acids is 1. The van der Waals surface area contributed by atoms with Crippen molar-refractivity contribution in [1.29, 1.82) is 0 Å². The minimum Gasteiger partial charge on any atom is -0.493 e. The maximum Gasteiger partial charge on any atom is 0.194 e. The van der Waals surface area contributed by atoms with Crippen molar-refractivity contribution in [1.82, 2.24) is 0 Å². The van der Waals surface area contributed by atoms with Crippen LogP contribution in [0.5, 0.6) is 17.2 Å². The summed E-state index contributed by atoms with van der Waals surface area (Å²) in [5.41, 5.74) is 1.50. The summed E-state index contributed by atoms with van der Waals surface area (Å²) in [4.78, 5) is 16.0. The Morgan fingerprint density at radius 1 is 1.32 bits per heavy atom. The quantitative estimate of drug-likeness (QED) is 0.761. The fraction of sp³-hybridized carbons (Fsp3) is 0.385. The standard InChI is InChI=1S/C13H13NO5/c1-16-10-3-7-9(4-11(10)17-2)18-6-8-12(5-15)19-14-13(7)8/h3-5,8,12H,6H2,1-2H3. The second-order valence-electron chi connectivity index (χ2n) is 4.30. The van der Waals surface area contributed by atoms with E-state index in [9.17, 15) is 4.79 Å². The molecule has 2 heterocycles. The summed E-state index contributed by atoms with van der Waals surface area (Å²) in [5, 5.41) is 3.99. The number of carbonyl (C=O) groups is 1. The van der Waals surface area contributed by atoms with Gasteiger partial charge in [-0.15, -0.1) is 0 Å². The van der Waals surface area contributed by atoms with Gasteiger partial charge < -0.3 is 19.0 Å². The number of oxime groups is 1. The van der Waals surface area contributed by atoms with E-state index >= 15 is 0 Å². The fourth-order valence-electron chi connectivity index (χ4n) is 2.32. The summed E-state index contributed by atoms with van der Waals surface area (Å²) in [6, 6.07) is 3.54. The lowest BCUT2D eigenvalue weighted by Crippen LogP contribution is -2.34. The molecule has 0 saturated carbocycles. The number of fused-ring (bicyclic) bond motifs is 3. The predicted molar refractivity (Wildman–Crippen MR) is 66.0 cm³/mol. The van der Waals surface area contributed by atoms with E-state index < -0.39 is 6.10 Å². The van der Waals surface area contributed by atoms with E-state index in [0.29, 0.717) is 23.9 Å². The molecule has 6 nitrogen and oxygen atoms in total. The number of hydrogen-bond donors (Lipinski definition) is 0. The molecule has 2 unspecified atom stereocenters. The van der Waals surface area contributed by atoms with Crippen LogP contribution in [0.1, 0.15) is 5.56 Å². The van der Waals surface area contributed by atoms with Crippen LogP contribution in [0.25, 0.3) is 0 Å². The van der Waals surface area contributed by atoms with Crippen molar-refractivity contribution in [3.05, 3.63) is 17.7 Å². The van der Waals surface area contributed by atoms with E-state index in [1.807, 2.05) is 0 Å². The van der Waals surface area contributed by atoms with Gasteiger partial charge in [-0.2, -0.15) is 0 Å². The van der Waals surface area contributed by atoms with Crippen LogP contribution in [-0.2, 0) is 9.63 Å². The number of benzene rings is 1. The van der Waals surface area contributed by atoms with Gasteiger partial charge >= 0.3 is 0 Å². The Bertz CT molecular complexity index is 554. The zero-order valence-electron chi connectivity index (χ0n) is 10.6. The van der Waals surface area contributed by atoms with Crippen LogP contribution in [0.4, 0.5) is 0 Å². The molecular formula is C13H13NO5. The molecule has 2 atom stereocenters. The molecule has 0 N–H and O–H groups in total. The summed E-state index contributed by atoms with van der Waals surface area (Å²) >= 11 is 0. The van der Waals surface area contributed by atoms with Crippen LogP contribution in [0.3, 0.4) is 0 Å². The molecule has 0 amide bonds. The molecular weight excluding hydrogens is 250 g/mol. The van der Waals surface area contributed by atoms with Crippen LogP contribution < -0.4 is 14.2 Å².